The van der Waals surface area contributed by atoms with E-state index in [0.29, 0.717) is 26.1 Å². The third-order valence-electron chi connectivity index (χ3n) is 7.57. The first-order chi connectivity index (χ1) is 15.0. The van der Waals surface area contributed by atoms with Gasteiger partial charge in [-0.25, -0.2) is 0 Å². The molecule has 4 aliphatic rings. The summed E-state index contributed by atoms with van der Waals surface area (Å²) in [6.45, 7) is 3.51. The zero-order chi connectivity index (χ0) is 21.4. The Morgan fingerprint density at radius 3 is 2.39 bits per heavy atom. The van der Waals surface area contributed by atoms with Crippen LogP contribution in [0.3, 0.4) is 0 Å². The van der Waals surface area contributed by atoms with Gasteiger partial charge in [0.25, 0.3) is 0 Å². The van der Waals surface area contributed by atoms with Crippen LogP contribution in [-0.4, -0.2) is 23.3 Å². The summed E-state index contributed by atoms with van der Waals surface area (Å²) >= 11 is 1.71. The van der Waals surface area contributed by atoms with Gasteiger partial charge in [-0.15, -0.1) is 11.3 Å². The quantitative estimate of drug-likeness (QED) is 0.635. The zero-order valence-electron chi connectivity index (χ0n) is 18.3. The molecule has 2 aromatic heterocycles. The van der Waals surface area contributed by atoms with E-state index < -0.39 is 0 Å². The number of amides is 2. The van der Waals surface area contributed by atoms with Crippen molar-refractivity contribution in [2.24, 2.45) is 23.2 Å². The number of aryl methyl sites for hydroxylation is 1. The molecule has 0 radical (unpaired) electrons. The van der Waals surface area contributed by atoms with Crippen LogP contribution in [0.5, 0.6) is 0 Å². The molecule has 2 heterocycles. The second-order valence-electron chi connectivity index (χ2n) is 10.0. The van der Waals surface area contributed by atoms with Crippen molar-refractivity contribution in [3.63, 3.8) is 0 Å². The molecular weight excluding hydrogens is 408 g/mol. The van der Waals surface area contributed by atoms with Crippen LogP contribution in [0, 0.1) is 30.1 Å². The summed E-state index contributed by atoms with van der Waals surface area (Å²) in [6.07, 6.45) is 9.12. The average Bonchev–Trinajstić information content (AvgIpc) is 3.38. The molecule has 6 heteroatoms. The number of thiophene rings is 1. The molecule has 2 amide bonds. The van der Waals surface area contributed by atoms with Crippen LogP contribution < -0.4 is 5.32 Å². The van der Waals surface area contributed by atoms with Gasteiger partial charge in [0, 0.05) is 28.1 Å². The molecule has 2 aromatic rings. The highest BCUT2D eigenvalue weighted by Gasteiger charge is 2.54. The molecule has 6 rings (SSSR count). The molecule has 0 aliphatic heterocycles. The van der Waals surface area contributed by atoms with Gasteiger partial charge >= 0.3 is 0 Å². The summed E-state index contributed by atoms with van der Waals surface area (Å²) in [6, 6.07) is 7.91. The minimum Gasteiger partial charge on any atom is -0.467 e. The maximum Gasteiger partial charge on any atom is 0.226 e. The van der Waals surface area contributed by atoms with Gasteiger partial charge in [0.2, 0.25) is 11.8 Å². The Balaban J connectivity index is 1.18. The van der Waals surface area contributed by atoms with Crippen LogP contribution in [0.15, 0.2) is 34.9 Å². The molecule has 4 bridgehead atoms. The summed E-state index contributed by atoms with van der Waals surface area (Å²) in [5, 5.41) is 3.15. The zero-order valence-corrected chi connectivity index (χ0v) is 19.1. The second-order valence-corrected chi connectivity index (χ2v) is 11.4. The lowest BCUT2D eigenvalue weighted by Crippen LogP contribution is -2.53. The third-order valence-corrected chi connectivity index (χ3v) is 8.55. The fourth-order valence-corrected chi connectivity index (χ4v) is 7.50. The predicted octanol–water partition coefficient (Wildman–Crippen LogP) is 4.90. The summed E-state index contributed by atoms with van der Waals surface area (Å²) in [5.74, 6) is 3.27. The first-order valence-electron chi connectivity index (χ1n) is 11.6. The van der Waals surface area contributed by atoms with Crippen molar-refractivity contribution in [3.05, 3.63) is 46.0 Å². The molecule has 4 saturated carbocycles. The summed E-state index contributed by atoms with van der Waals surface area (Å²) < 4.78 is 5.48. The van der Waals surface area contributed by atoms with Gasteiger partial charge in [-0.3, -0.25) is 9.59 Å². The normalized spacial score (nSPS) is 28.6. The van der Waals surface area contributed by atoms with Gasteiger partial charge < -0.3 is 14.6 Å². The molecule has 4 fully saturated rings. The monoisotopic (exact) mass is 440 g/mol. The Morgan fingerprint density at radius 1 is 1.10 bits per heavy atom. The van der Waals surface area contributed by atoms with Crippen LogP contribution in [0.1, 0.15) is 60.5 Å². The summed E-state index contributed by atoms with van der Waals surface area (Å²) in [5.41, 5.74) is -0.153. The van der Waals surface area contributed by atoms with Crippen LogP contribution >= 0.6 is 11.3 Å². The number of nitrogens with zero attached hydrogens (tertiary/aromatic N) is 1. The number of hydrogen-bond donors (Lipinski definition) is 1. The first kappa shape index (κ1) is 20.8. The molecule has 1 N–H and O–H groups in total. The minimum atomic E-state index is -0.153. The number of rotatable bonds is 8. The highest BCUT2D eigenvalue weighted by Crippen LogP contribution is 2.60. The van der Waals surface area contributed by atoms with E-state index >= 15 is 0 Å². The van der Waals surface area contributed by atoms with Crippen molar-refractivity contribution >= 4 is 23.2 Å². The molecule has 5 nitrogen and oxygen atoms in total. The Morgan fingerprint density at radius 2 is 1.81 bits per heavy atom. The lowest BCUT2D eigenvalue weighted by molar-refractivity contribution is -0.146. The average molecular weight is 441 g/mol. The number of furan rings is 1. The van der Waals surface area contributed by atoms with Gasteiger partial charge in [0.15, 0.2) is 0 Å². The molecule has 31 heavy (non-hydrogen) atoms. The second kappa shape index (κ2) is 8.45. The van der Waals surface area contributed by atoms with Gasteiger partial charge in [-0.05, 0) is 87.5 Å². The molecule has 0 saturated heterocycles. The van der Waals surface area contributed by atoms with Crippen molar-refractivity contribution < 1.29 is 14.0 Å². The molecule has 0 atom stereocenters. The van der Waals surface area contributed by atoms with Crippen molar-refractivity contribution in [1.82, 2.24) is 10.2 Å². The highest BCUT2D eigenvalue weighted by molar-refractivity contribution is 7.11. The van der Waals surface area contributed by atoms with E-state index in [-0.39, 0.29) is 17.2 Å². The van der Waals surface area contributed by atoms with E-state index in [4.69, 9.17) is 4.42 Å². The van der Waals surface area contributed by atoms with Crippen molar-refractivity contribution in [1.29, 1.82) is 0 Å². The predicted molar refractivity (Wildman–Crippen MR) is 120 cm³/mol. The lowest BCUT2D eigenvalue weighted by Gasteiger charge is -2.55. The lowest BCUT2D eigenvalue weighted by atomic mass is 9.49. The Labute approximate surface area is 188 Å². The standard InChI is InChI=1S/C25H32N2O3S/c1-17-4-5-22(31-17)16-27(15-21-3-2-8-30-21)23(28)6-7-26-24(29)25-12-18-9-19(13-25)11-20(10-18)14-25/h2-5,8,18-20H,6-7,9-16H2,1H3,(H,26,29). The van der Waals surface area contributed by atoms with Crippen molar-refractivity contribution in [2.75, 3.05) is 6.54 Å². The number of carbonyl (C=O) groups excluding carboxylic acids is 2. The number of hydrogen-bond acceptors (Lipinski definition) is 4. The van der Waals surface area contributed by atoms with Gasteiger partial charge in [0.1, 0.15) is 5.76 Å². The topological polar surface area (TPSA) is 62.6 Å². The highest BCUT2D eigenvalue weighted by atomic mass is 32.1. The van der Waals surface area contributed by atoms with Crippen LogP contribution in [0.2, 0.25) is 0 Å². The first-order valence-corrected chi connectivity index (χ1v) is 12.4. The SMILES string of the molecule is Cc1ccc(CN(Cc2ccco2)C(=O)CCNC(=O)C23CC4CC(CC(C4)C2)C3)s1. The van der Waals surface area contributed by atoms with Gasteiger partial charge in [-0.2, -0.15) is 0 Å². The maximum absolute atomic E-state index is 13.1. The number of nitrogens with one attached hydrogen (secondary N) is 1. The van der Waals surface area contributed by atoms with E-state index in [9.17, 15) is 9.59 Å². The Bertz CT molecular complexity index is 897. The molecule has 0 aromatic carbocycles. The fraction of sp³-hybridized carbons (Fsp3) is 0.600. The summed E-state index contributed by atoms with van der Waals surface area (Å²) in [7, 11) is 0. The maximum atomic E-state index is 13.1. The van der Waals surface area contributed by atoms with E-state index in [2.05, 4.69) is 24.4 Å². The molecular formula is C25H32N2O3S. The van der Waals surface area contributed by atoms with Crippen LogP contribution in [-0.2, 0) is 22.7 Å². The third kappa shape index (κ3) is 4.45. The van der Waals surface area contributed by atoms with E-state index in [1.165, 1.54) is 24.1 Å². The Kier molecular flexibility index (Phi) is 5.67. The van der Waals surface area contributed by atoms with E-state index in [0.717, 1.165) is 47.7 Å². The van der Waals surface area contributed by atoms with Gasteiger partial charge in [0.05, 0.1) is 19.4 Å². The van der Waals surface area contributed by atoms with Gasteiger partial charge in [-0.1, -0.05) is 0 Å². The van der Waals surface area contributed by atoms with Crippen molar-refractivity contribution in [3.8, 4) is 0 Å². The van der Waals surface area contributed by atoms with E-state index in [1.807, 2.05) is 17.0 Å². The Hall–Kier alpha value is -2.08. The fourth-order valence-electron chi connectivity index (χ4n) is 6.60. The van der Waals surface area contributed by atoms with Crippen LogP contribution in [0.25, 0.3) is 0 Å². The minimum absolute atomic E-state index is 0.0493. The molecule has 0 spiro atoms. The number of carbonyl (C=O) groups is 2. The smallest absolute Gasteiger partial charge is 0.226 e. The molecule has 0 unspecified atom stereocenters. The van der Waals surface area contributed by atoms with Crippen molar-refractivity contribution in [2.45, 2.75) is 65.0 Å². The summed E-state index contributed by atoms with van der Waals surface area (Å²) in [4.78, 5) is 30.4. The van der Waals surface area contributed by atoms with Crippen LogP contribution in [0.4, 0.5) is 0 Å². The van der Waals surface area contributed by atoms with E-state index in [1.54, 1.807) is 17.6 Å². The molecule has 166 valence electrons. The largest absolute Gasteiger partial charge is 0.467 e. The molecule has 4 aliphatic carbocycles.